The second-order valence-corrected chi connectivity index (χ2v) is 4.23. The molecule has 1 aromatic heterocycles. The van der Waals surface area contributed by atoms with E-state index in [-0.39, 0.29) is 16.5 Å². The van der Waals surface area contributed by atoms with E-state index < -0.39 is 0 Å². The Labute approximate surface area is 118 Å². The number of anilines is 1. The van der Waals surface area contributed by atoms with Gasteiger partial charge in [-0.05, 0) is 40.9 Å². The van der Waals surface area contributed by atoms with Crippen molar-refractivity contribution in [1.82, 2.24) is 15.0 Å². The topological polar surface area (TPSA) is 63.1 Å². The second kappa shape index (κ2) is 5.95. The van der Waals surface area contributed by atoms with Crippen molar-refractivity contribution >= 4 is 47.0 Å². The van der Waals surface area contributed by atoms with Crippen molar-refractivity contribution in [3.05, 3.63) is 45.4 Å². The van der Waals surface area contributed by atoms with Gasteiger partial charge in [0.15, 0.2) is 0 Å². The highest BCUT2D eigenvalue weighted by atomic mass is 35.5. The van der Waals surface area contributed by atoms with Crippen LogP contribution in [0.15, 0.2) is 29.4 Å². The number of hydrogen-bond donors (Lipinski definition) is 1. The number of nitrogens with one attached hydrogen (secondary N) is 1. The third kappa shape index (κ3) is 3.80. The van der Waals surface area contributed by atoms with Crippen molar-refractivity contribution in [3.8, 4) is 0 Å². The largest absolute Gasteiger partial charge is 0.249 e. The zero-order valence-corrected chi connectivity index (χ0v) is 11.1. The maximum absolute atomic E-state index is 5.76. The first-order chi connectivity index (χ1) is 8.63. The Balaban J connectivity index is 2.04. The predicted octanol–water partition coefficient (Wildman–Crippen LogP) is 3.28. The predicted molar refractivity (Wildman–Crippen MR) is 72.5 cm³/mol. The van der Waals surface area contributed by atoms with Crippen LogP contribution in [0, 0.1) is 0 Å². The van der Waals surface area contributed by atoms with Crippen LogP contribution in [0.2, 0.25) is 15.6 Å². The molecule has 0 saturated carbocycles. The molecule has 0 aliphatic carbocycles. The molecule has 0 atom stereocenters. The molecule has 92 valence electrons. The SMILES string of the molecule is Clc1ccc(/C=N/Nc2nc(Cl)nc(Cl)n2)cc1. The summed E-state index contributed by atoms with van der Waals surface area (Å²) in [5, 5.41) is 4.60. The lowest BCUT2D eigenvalue weighted by molar-refractivity contribution is 1.03. The summed E-state index contributed by atoms with van der Waals surface area (Å²) < 4.78 is 0. The van der Waals surface area contributed by atoms with Crippen LogP contribution in [0.5, 0.6) is 0 Å². The van der Waals surface area contributed by atoms with Crippen LogP contribution in [0.25, 0.3) is 0 Å². The third-order valence-electron chi connectivity index (χ3n) is 1.83. The molecule has 0 amide bonds. The molecule has 1 N–H and O–H groups in total. The molecular weight excluding hydrogens is 297 g/mol. The Hall–Kier alpha value is -1.43. The van der Waals surface area contributed by atoms with Crippen LogP contribution < -0.4 is 5.43 Å². The molecule has 1 heterocycles. The normalized spacial score (nSPS) is 10.8. The summed E-state index contributed by atoms with van der Waals surface area (Å²) in [5.41, 5.74) is 3.47. The van der Waals surface area contributed by atoms with Gasteiger partial charge >= 0.3 is 0 Å². The maximum Gasteiger partial charge on any atom is 0.249 e. The van der Waals surface area contributed by atoms with E-state index in [1.165, 1.54) is 0 Å². The summed E-state index contributed by atoms with van der Waals surface area (Å²) in [7, 11) is 0. The lowest BCUT2D eigenvalue weighted by Crippen LogP contribution is -1.99. The molecule has 0 radical (unpaired) electrons. The lowest BCUT2D eigenvalue weighted by atomic mass is 10.2. The van der Waals surface area contributed by atoms with Gasteiger partial charge in [-0.1, -0.05) is 23.7 Å². The van der Waals surface area contributed by atoms with E-state index in [4.69, 9.17) is 34.8 Å². The fourth-order valence-corrected chi connectivity index (χ4v) is 1.58. The van der Waals surface area contributed by atoms with Crippen molar-refractivity contribution in [3.63, 3.8) is 0 Å². The van der Waals surface area contributed by atoms with Crippen LogP contribution in [0.4, 0.5) is 5.95 Å². The second-order valence-electron chi connectivity index (χ2n) is 3.12. The molecule has 0 unspecified atom stereocenters. The first-order valence-electron chi connectivity index (χ1n) is 4.75. The van der Waals surface area contributed by atoms with Crippen LogP contribution >= 0.6 is 34.8 Å². The van der Waals surface area contributed by atoms with Crippen molar-refractivity contribution in [2.45, 2.75) is 0 Å². The van der Waals surface area contributed by atoms with Crippen LogP contribution in [-0.2, 0) is 0 Å². The average molecular weight is 303 g/mol. The van der Waals surface area contributed by atoms with Crippen molar-refractivity contribution in [2.75, 3.05) is 5.43 Å². The van der Waals surface area contributed by atoms with E-state index in [1.807, 2.05) is 12.1 Å². The quantitative estimate of drug-likeness (QED) is 0.698. The van der Waals surface area contributed by atoms with Gasteiger partial charge in [0.25, 0.3) is 0 Å². The molecule has 0 bridgehead atoms. The van der Waals surface area contributed by atoms with Crippen molar-refractivity contribution in [2.24, 2.45) is 5.10 Å². The molecule has 8 heteroatoms. The first kappa shape index (κ1) is 13.0. The van der Waals surface area contributed by atoms with Crippen LogP contribution in [0.3, 0.4) is 0 Å². The number of hydrogen-bond acceptors (Lipinski definition) is 5. The Morgan fingerprint density at radius 1 is 0.944 bits per heavy atom. The highest BCUT2D eigenvalue weighted by molar-refractivity contribution is 6.31. The van der Waals surface area contributed by atoms with Gasteiger partial charge in [0.2, 0.25) is 16.5 Å². The molecule has 2 aromatic rings. The number of halogens is 3. The number of hydrazone groups is 1. The summed E-state index contributed by atoms with van der Waals surface area (Å²) in [6.07, 6.45) is 1.59. The summed E-state index contributed by atoms with van der Waals surface area (Å²) in [4.78, 5) is 11.2. The van der Waals surface area contributed by atoms with Crippen molar-refractivity contribution in [1.29, 1.82) is 0 Å². The van der Waals surface area contributed by atoms with Gasteiger partial charge in [-0.25, -0.2) is 5.43 Å². The van der Waals surface area contributed by atoms with Gasteiger partial charge in [0.05, 0.1) is 6.21 Å². The molecule has 2 rings (SSSR count). The van der Waals surface area contributed by atoms with E-state index in [1.54, 1.807) is 18.3 Å². The first-order valence-corrected chi connectivity index (χ1v) is 5.88. The molecular formula is C10H6Cl3N5. The Morgan fingerprint density at radius 3 is 2.17 bits per heavy atom. The lowest BCUT2D eigenvalue weighted by Gasteiger charge is -1.98. The minimum Gasteiger partial charge on any atom is -0.245 e. The standard InChI is InChI=1S/C10H6Cl3N5/c11-7-3-1-6(2-4-7)5-14-18-10-16-8(12)15-9(13)17-10/h1-5H,(H,15,16,17,18)/b14-5+. The van der Waals surface area contributed by atoms with E-state index >= 15 is 0 Å². The average Bonchev–Trinajstić information content (AvgIpc) is 2.30. The Bertz CT molecular complexity index is 550. The molecule has 0 aliphatic heterocycles. The van der Waals surface area contributed by atoms with Gasteiger partial charge in [-0.15, -0.1) is 0 Å². The van der Waals surface area contributed by atoms with Gasteiger partial charge in [0.1, 0.15) is 0 Å². The highest BCUT2D eigenvalue weighted by Gasteiger charge is 2.00. The minimum absolute atomic E-state index is 0.000747. The molecule has 0 aliphatic rings. The van der Waals surface area contributed by atoms with Gasteiger partial charge in [-0.3, -0.25) is 0 Å². The molecule has 0 fully saturated rings. The van der Waals surface area contributed by atoms with Gasteiger partial charge in [-0.2, -0.15) is 20.1 Å². The number of benzene rings is 1. The Morgan fingerprint density at radius 2 is 1.56 bits per heavy atom. The zero-order chi connectivity index (χ0) is 13.0. The van der Waals surface area contributed by atoms with Crippen LogP contribution in [-0.4, -0.2) is 21.2 Å². The maximum atomic E-state index is 5.76. The molecule has 1 aromatic carbocycles. The summed E-state index contributed by atoms with van der Waals surface area (Å²) in [6.45, 7) is 0. The minimum atomic E-state index is -0.000747. The third-order valence-corrected chi connectivity index (χ3v) is 2.42. The number of nitrogens with zero attached hydrogens (tertiary/aromatic N) is 4. The van der Waals surface area contributed by atoms with E-state index in [0.29, 0.717) is 5.02 Å². The van der Waals surface area contributed by atoms with E-state index in [2.05, 4.69) is 25.5 Å². The van der Waals surface area contributed by atoms with Crippen LogP contribution in [0.1, 0.15) is 5.56 Å². The number of rotatable bonds is 3. The number of aromatic nitrogens is 3. The smallest absolute Gasteiger partial charge is 0.245 e. The molecule has 0 spiro atoms. The fourth-order valence-electron chi connectivity index (χ4n) is 1.09. The monoisotopic (exact) mass is 301 g/mol. The van der Waals surface area contributed by atoms with E-state index in [9.17, 15) is 0 Å². The molecule has 18 heavy (non-hydrogen) atoms. The summed E-state index contributed by atoms with van der Waals surface area (Å²) >= 11 is 17.0. The molecule has 0 saturated heterocycles. The van der Waals surface area contributed by atoms with Crippen molar-refractivity contribution < 1.29 is 0 Å². The van der Waals surface area contributed by atoms with Gasteiger partial charge in [0, 0.05) is 5.02 Å². The Kier molecular flexibility index (Phi) is 4.30. The summed E-state index contributed by atoms with van der Waals surface area (Å²) in [5.74, 6) is 0.171. The fraction of sp³-hybridized carbons (Fsp3) is 0. The van der Waals surface area contributed by atoms with Gasteiger partial charge < -0.3 is 0 Å². The summed E-state index contributed by atoms with van der Waals surface area (Å²) in [6, 6.07) is 7.17. The zero-order valence-electron chi connectivity index (χ0n) is 8.81. The van der Waals surface area contributed by atoms with E-state index in [0.717, 1.165) is 5.56 Å². The molecule has 5 nitrogen and oxygen atoms in total. The highest BCUT2D eigenvalue weighted by Crippen LogP contribution is 2.10.